The number of carbonyl (C=O) groups excluding carboxylic acids is 1. The fourth-order valence-corrected chi connectivity index (χ4v) is 1.68. The molecule has 0 aliphatic rings. The molecule has 0 saturated carbocycles. The number of nitrogens with one attached hydrogen (secondary N) is 1. The molecule has 1 rings (SSSR count). The maximum absolute atomic E-state index is 11.4. The molecule has 0 aromatic heterocycles. The van der Waals surface area contributed by atoms with Gasteiger partial charge in [-0.25, -0.2) is 0 Å². The predicted octanol–water partition coefficient (Wildman–Crippen LogP) is 1.50. The van der Waals surface area contributed by atoms with Crippen molar-refractivity contribution in [3.63, 3.8) is 0 Å². The number of hydrogen-bond acceptors (Lipinski definition) is 4. The number of benzene rings is 1. The van der Waals surface area contributed by atoms with E-state index in [9.17, 15) is 4.79 Å². The van der Waals surface area contributed by atoms with Crippen LogP contribution >= 0.6 is 23.2 Å². The number of amides is 1. The van der Waals surface area contributed by atoms with Crippen molar-refractivity contribution in [3.8, 4) is 5.75 Å². The van der Waals surface area contributed by atoms with Crippen LogP contribution in [0.3, 0.4) is 0 Å². The highest BCUT2D eigenvalue weighted by Crippen LogP contribution is 2.27. The summed E-state index contributed by atoms with van der Waals surface area (Å²) in [6, 6.07) is 4.77. The molecule has 0 fully saturated rings. The Morgan fingerprint density at radius 3 is 2.79 bits per heavy atom. The molecule has 106 valence electrons. The lowest BCUT2D eigenvalue weighted by molar-refractivity contribution is -0.123. The van der Waals surface area contributed by atoms with Crippen molar-refractivity contribution in [1.29, 1.82) is 0 Å². The summed E-state index contributed by atoms with van der Waals surface area (Å²) in [5.74, 6) is 0.122. The van der Waals surface area contributed by atoms with Crippen molar-refractivity contribution in [1.82, 2.24) is 5.32 Å². The van der Waals surface area contributed by atoms with Gasteiger partial charge in [-0.3, -0.25) is 4.79 Å². The number of hydrogen-bond donors (Lipinski definition) is 2. The lowest BCUT2D eigenvalue weighted by atomic mass is 10.3. The van der Waals surface area contributed by atoms with E-state index in [4.69, 9.17) is 37.8 Å². The zero-order valence-corrected chi connectivity index (χ0v) is 11.7. The van der Waals surface area contributed by atoms with Gasteiger partial charge in [-0.1, -0.05) is 23.2 Å². The Kier molecular flexibility index (Phi) is 7.59. The molecular formula is C12H15Cl2NO4. The van der Waals surface area contributed by atoms with E-state index >= 15 is 0 Å². The number of ether oxygens (including phenoxy) is 2. The molecule has 7 heteroatoms. The Labute approximate surface area is 121 Å². The highest BCUT2D eigenvalue weighted by molar-refractivity contribution is 6.35. The van der Waals surface area contributed by atoms with Crippen molar-refractivity contribution >= 4 is 29.1 Å². The molecule has 0 bridgehead atoms. The molecule has 0 aliphatic heterocycles. The quantitative estimate of drug-likeness (QED) is 0.714. The topological polar surface area (TPSA) is 67.8 Å². The maximum Gasteiger partial charge on any atom is 0.258 e. The van der Waals surface area contributed by atoms with Crippen LogP contribution in [0.1, 0.15) is 0 Å². The molecular weight excluding hydrogens is 293 g/mol. The molecule has 0 unspecified atom stereocenters. The van der Waals surface area contributed by atoms with Gasteiger partial charge in [0.1, 0.15) is 5.75 Å². The Morgan fingerprint density at radius 1 is 1.32 bits per heavy atom. The predicted molar refractivity (Wildman–Crippen MR) is 72.9 cm³/mol. The van der Waals surface area contributed by atoms with Crippen LogP contribution in [0.25, 0.3) is 0 Å². The van der Waals surface area contributed by atoms with Crippen LogP contribution in [0.2, 0.25) is 10.0 Å². The van der Waals surface area contributed by atoms with Gasteiger partial charge in [0.2, 0.25) is 0 Å². The molecule has 0 heterocycles. The summed E-state index contributed by atoms with van der Waals surface area (Å²) in [4.78, 5) is 11.4. The Balaban J connectivity index is 2.22. The van der Waals surface area contributed by atoms with Crippen LogP contribution in [-0.4, -0.2) is 44.0 Å². The number of aliphatic hydroxyl groups excluding tert-OH is 1. The summed E-state index contributed by atoms with van der Waals surface area (Å²) in [6.07, 6.45) is 0. The minimum Gasteiger partial charge on any atom is -0.482 e. The fourth-order valence-electron chi connectivity index (χ4n) is 1.22. The van der Waals surface area contributed by atoms with Gasteiger partial charge in [0.05, 0.1) is 24.8 Å². The molecule has 1 amide bonds. The second-order valence-corrected chi connectivity index (χ2v) is 4.39. The highest BCUT2D eigenvalue weighted by atomic mass is 35.5. The third-order valence-corrected chi connectivity index (χ3v) is 2.59. The Hall–Kier alpha value is -1.01. The standard InChI is InChI=1S/C12H15Cl2NO4/c13-9-1-2-11(10(14)7-9)19-8-12(17)15-3-5-18-6-4-16/h1-2,7,16H,3-6,8H2,(H,15,17). The molecule has 1 aromatic rings. The smallest absolute Gasteiger partial charge is 0.258 e. The maximum atomic E-state index is 11.4. The molecule has 0 atom stereocenters. The number of carbonyl (C=O) groups is 1. The van der Waals surface area contributed by atoms with Crippen molar-refractivity contribution in [3.05, 3.63) is 28.2 Å². The van der Waals surface area contributed by atoms with E-state index in [1.807, 2.05) is 0 Å². The fraction of sp³-hybridized carbons (Fsp3) is 0.417. The number of halogens is 2. The van der Waals surface area contributed by atoms with Crippen LogP contribution in [0.5, 0.6) is 5.75 Å². The van der Waals surface area contributed by atoms with Crippen LogP contribution < -0.4 is 10.1 Å². The van der Waals surface area contributed by atoms with Crippen LogP contribution in [0.15, 0.2) is 18.2 Å². The highest BCUT2D eigenvalue weighted by Gasteiger charge is 2.06. The minimum atomic E-state index is -0.279. The van der Waals surface area contributed by atoms with Gasteiger partial charge >= 0.3 is 0 Å². The summed E-state index contributed by atoms with van der Waals surface area (Å²) in [7, 11) is 0. The van der Waals surface area contributed by atoms with E-state index in [0.717, 1.165) is 0 Å². The van der Waals surface area contributed by atoms with E-state index < -0.39 is 0 Å². The normalized spacial score (nSPS) is 10.3. The second kappa shape index (κ2) is 8.98. The van der Waals surface area contributed by atoms with Gasteiger partial charge in [0.15, 0.2) is 6.61 Å². The van der Waals surface area contributed by atoms with Crippen molar-refractivity contribution in [2.75, 3.05) is 33.0 Å². The van der Waals surface area contributed by atoms with Crippen LogP contribution in [-0.2, 0) is 9.53 Å². The summed E-state index contributed by atoms with van der Waals surface area (Å²) in [6.45, 7) is 0.783. The summed E-state index contributed by atoms with van der Waals surface area (Å²) in [5, 5.41) is 11.9. The average molecular weight is 308 g/mol. The van der Waals surface area contributed by atoms with Gasteiger partial charge < -0.3 is 19.9 Å². The first-order valence-corrected chi connectivity index (χ1v) is 6.42. The number of rotatable bonds is 8. The van der Waals surface area contributed by atoms with E-state index in [-0.39, 0.29) is 25.7 Å². The van der Waals surface area contributed by atoms with Crippen molar-refractivity contribution < 1.29 is 19.4 Å². The van der Waals surface area contributed by atoms with Gasteiger partial charge in [0, 0.05) is 11.6 Å². The second-order valence-electron chi connectivity index (χ2n) is 3.55. The molecule has 2 N–H and O–H groups in total. The Morgan fingerprint density at radius 2 is 2.11 bits per heavy atom. The molecule has 5 nitrogen and oxygen atoms in total. The molecule has 1 aromatic carbocycles. The first-order chi connectivity index (χ1) is 9.13. The van der Waals surface area contributed by atoms with Crippen LogP contribution in [0.4, 0.5) is 0 Å². The molecule has 0 spiro atoms. The van der Waals surface area contributed by atoms with E-state index in [2.05, 4.69) is 5.32 Å². The first kappa shape index (κ1) is 16.0. The van der Waals surface area contributed by atoms with Gasteiger partial charge in [-0.15, -0.1) is 0 Å². The zero-order chi connectivity index (χ0) is 14.1. The zero-order valence-electron chi connectivity index (χ0n) is 10.2. The monoisotopic (exact) mass is 307 g/mol. The summed E-state index contributed by atoms with van der Waals surface area (Å²) >= 11 is 11.6. The van der Waals surface area contributed by atoms with Crippen molar-refractivity contribution in [2.24, 2.45) is 0 Å². The lowest BCUT2D eigenvalue weighted by Gasteiger charge is -2.09. The van der Waals surface area contributed by atoms with Crippen LogP contribution in [0, 0.1) is 0 Å². The van der Waals surface area contributed by atoms with Gasteiger partial charge in [-0.05, 0) is 18.2 Å². The first-order valence-electron chi connectivity index (χ1n) is 5.66. The van der Waals surface area contributed by atoms with E-state index in [1.54, 1.807) is 18.2 Å². The number of aliphatic hydroxyl groups is 1. The molecule has 0 saturated heterocycles. The van der Waals surface area contributed by atoms with Crippen molar-refractivity contribution in [2.45, 2.75) is 0 Å². The molecule has 19 heavy (non-hydrogen) atoms. The third-order valence-electron chi connectivity index (χ3n) is 2.06. The SMILES string of the molecule is O=C(COc1ccc(Cl)cc1Cl)NCCOCCO. The average Bonchev–Trinajstić information content (AvgIpc) is 2.37. The summed E-state index contributed by atoms with van der Waals surface area (Å²) in [5.41, 5.74) is 0. The lowest BCUT2D eigenvalue weighted by Crippen LogP contribution is -2.31. The third kappa shape index (κ3) is 6.63. The summed E-state index contributed by atoms with van der Waals surface area (Å²) < 4.78 is 10.2. The molecule has 0 radical (unpaired) electrons. The van der Waals surface area contributed by atoms with E-state index in [0.29, 0.717) is 28.9 Å². The van der Waals surface area contributed by atoms with E-state index in [1.165, 1.54) is 0 Å². The minimum absolute atomic E-state index is 0.0356. The van der Waals surface area contributed by atoms with Gasteiger partial charge in [-0.2, -0.15) is 0 Å². The van der Waals surface area contributed by atoms with Gasteiger partial charge in [0.25, 0.3) is 5.91 Å². The Bertz CT molecular complexity index is 415. The molecule has 0 aliphatic carbocycles. The largest absolute Gasteiger partial charge is 0.482 e.